The van der Waals surface area contributed by atoms with E-state index in [4.69, 9.17) is 10.2 Å². The summed E-state index contributed by atoms with van der Waals surface area (Å²) in [5.41, 5.74) is 0. The Morgan fingerprint density at radius 2 is 1.93 bits per heavy atom. The Labute approximate surface area is 86.3 Å². The molecule has 0 amide bonds. The molecule has 3 N–H and O–H groups in total. The monoisotopic (exact) mass is 205 g/mol. The predicted octanol–water partition coefficient (Wildman–Crippen LogP) is 1.24. The van der Waals surface area contributed by atoms with Crippen LogP contribution in [0.2, 0.25) is 0 Å². The van der Waals surface area contributed by atoms with Crippen LogP contribution < -0.4 is 5.32 Å². The van der Waals surface area contributed by atoms with Gasteiger partial charge in [0.15, 0.2) is 0 Å². The number of nitrogens with one attached hydrogen (secondary N) is 1. The highest BCUT2D eigenvalue weighted by Gasteiger charge is 1.93. The quantitative estimate of drug-likeness (QED) is 0.547. The number of rotatable bonds is 7. The minimum atomic E-state index is -0.675. The Morgan fingerprint density at radius 3 is 2.21 bits per heavy atom. The molecule has 0 aliphatic carbocycles. The number of likely N-dealkylation sites (N-methyl/N-ethyl adjacent to an activating group) is 1. The van der Waals surface area contributed by atoms with E-state index in [1.807, 2.05) is 0 Å². The third kappa shape index (κ3) is 22.5. The first-order valence-corrected chi connectivity index (χ1v) is 5.16. The summed E-state index contributed by atoms with van der Waals surface area (Å²) in [4.78, 5) is 9.96. The Balaban J connectivity index is 0. The van der Waals surface area contributed by atoms with Crippen molar-refractivity contribution in [3.05, 3.63) is 0 Å². The minimum Gasteiger partial charge on any atom is -0.481 e. The van der Waals surface area contributed by atoms with Crippen LogP contribution in [0.4, 0.5) is 0 Å². The third-order valence-corrected chi connectivity index (χ3v) is 1.61. The standard InChI is InChI=1S/C7H14O2.C3H9NO/c1-2-3-4-5-6-7(8)9;1-4-2-3-5/h2-6H2,1H3,(H,8,9);4-5H,2-3H2,1H3. The average molecular weight is 205 g/mol. The molecule has 0 fully saturated rings. The van der Waals surface area contributed by atoms with Gasteiger partial charge in [0.25, 0.3) is 0 Å². The molecule has 0 aliphatic rings. The maximum absolute atomic E-state index is 9.96. The van der Waals surface area contributed by atoms with Crippen LogP contribution in [0, 0.1) is 0 Å². The zero-order valence-corrected chi connectivity index (χ0v) is 9.25. The minimum absolute atomic E-state index is 0.233. The highest BCUT2D eigenvalue weighted by molar-refractivity contribution is 5.66. The molecule has 0 heterocycles. The fourth-order valence-electron chi connectivity index (χ4n) is 0.815. The van der Waals surface area contributed by atoms with E-state index < -0.39 is 5.97 Å². The van der Waals surface area contributed by atoms with E-state index in [1.54, 1.807) is 7.05 Å². The van der Waals surface area contributed by atoms with Crippen molar-refractivity contribution in [2.75, 3.05) is 20.2 Å². The Hall–Kier alpha value is -0.610. The van der Waals surface area contributed by atoms with Crippen LogP contribution in [0.1, 0.15) is 39.0 Å². The molecule has 0 aromatic heterocycles. The first-order valence-electron chi connectivity index (χ1n) is 5.16. The lowest BCUT2D eigenvalue weighted by molar-refractivity contribution is -0.137. The maximum Gasteiger partial charge on any atom is 0.303 e. The zero-order chi connectivity index (χ0) is 11.2. The highest BCUT2D eigenvalue weighted by Crippen LogP contribution is 2.01. The molecular weight excluding hydrogens is 182 g/mol. The number of carboxylic acid groups (broad SMARTS) is 1. The largest absolute Gasteiger partial charge is 0.481 e. The third-order valence-electron chi connectivity index (χ3n) is 1.61. The van der Waals surface area contributed by atoms with Crippen molar-refractivity contribution in [2.45, 2.75) is 39.0 Å². The number of aliphatic hydroxyl groups excluding tert-OH is 1. The summed E-state index contributed by atoms with van der Waals surface area (Å²) in [6.45, 7) is 3.04. The Kier molecular flexibility index (Phi) is 16.9. The molecule has 0 spiro atoms. The van der Waals surface area contributed by atoms with Crippen molar-refractivity contribution >= 4 is 5.97 Å². The van der Waals surface area contributed by atoms with Gasteiger partial charge in [0.1, 0.15) is 0 Å². The normalized spacial score (nSPS) is 9.07. The molecule has 4 heteroatoms. The molecule has 0 atom stereocenters. The van der Waals surface area contributed by atoms with E-state index >= 15 is 0 Å². The first-order chi connectivity index (χ1) is 6.68. The molecule has 0 unspecified atom stereocenters. The molecule has 0 aromatic rings. The Bertz CT molecular complexity index is 116. The van der Waals surface area contributed by atoms with Crippen molar-refractivity contribution in [3.63, 3.8) is 0 Å². The SMILES string of the molecule is CCCCCCC(=O)O.CNCCO. The van der Waals surface area contributed by atoms with Crippen LogP contribution in [0.15, 0.2) is 0 Å². The summed E-state index contributed by atoms with van der Waals surface area (Å²) in [7, 11) is 1.80. The van der Waals surface area contributed by atoms with Gasteiger partial charge in [-0.3, -0.25) is 4.79 Å². The number of aliphatic carboxylic acids is 1. The first kappa shape index (κ1) is 15.8. The van der Waals surface area contributed by atoms with E-state index in [-0.39, 0.29) is 6.61 Å². The molecule has 0 aliphatic heterocycles. The molecule has 0 saturated carbocycles. The van der Waals surface area contributed by atoms with Crippen LogP contribution in [-0.4, -0.2) is 36.4 Å². The summed E-state index contributed by atoms with van der Waals surface area (Å²) in [6, 6.07) is 0. The fraction of sp³-hybridized carbons (Fsp3) is 0.900. The smallest absolute Gasteiger partial charge is 0.303 e. The van der Waals surface area contributed by atoms with Crippen LogP contribution in [-0.2, 0) is 4.79 Å². The summed E-state index contributed by atoms with van der Waals surface area (Å²) in [5, 5.41) is 19.0. The van der Waals surface area contributed by atoms with E-state index in [0.717, 1.165) is 19.3 Å². The molecule has 0 bridgehead atoms. The van der Waals surface area contributed by atoms with E-state index in [2.05, 4.69) is 12.2 Å². The van der Waals surface area contributed by atoms with Gasteiger partial charge in [0, 0.05) is 13.0 Å². The van der Waals surface area contributed by atoms with Gasteiger partial charge in [-0.1, -0.05) is 26.2 Å². The molecule has 0 aromatic carbocycles. The zero-order valence-electron chi connectivity index (χ0n) is 9.25. The molecule has 14 heavy (non-hydrogen) atoms. The molecule has 86 valence electrons. The van der Waals surface area contributed by atoms with Gasteiger partial charge in [-0.2, -0.15) is 0 Å². The fourth-order valence-corrected chi connectivity index (χ4v) is 0.815. The average Bonchev–Trinajstić information content (AvgIpc) is 2.15. The number of carbonyl (C=O) groups is 1. The van der Waals surface area contributed by atoms with E-state index in [0.29, 0.717) is 13.0 Å². The molecule has 0 radical (unpaired) electrons. The van der Waals surface area contributed by atoms with Crippen molar-refractivity contribution in [1.82, 2.24) is 5.32 Å². The lowest BCUT2D eigenvalue weighted by atomic mass is 10.2. The topological polar surface area (TPSA) is 69.6 Å². The van der Waals surface area contributed by atoms with Crippen molar-refractivity contribution in [1.29, 1.82) is 0 Å². The Morgan fingerprint density at radius 1 is 1.29 bits per heavy atom. The lowest BCUT2D eigenvalue weighted by Crippen LogP contribution is -2.10. The summed E-state index contributed by atoms with van der Waals surface area (Å²) in [5.74, 6) is -0.675. The number of carboxylic acids is 1. The van der Waals surface area contributed by atoms with Crippen molar-refractivity contribution < 1.29 is 15.0 Å². The second-order valence-electron chi connectivity index (χ2n) is 3.03. The lowest BCUT2D eigenvalue weighted by Gasteiger charge is -1.92. The predicted molar refractivity (Wildman–Crippen MR) is 57.4 cm³/mol. The molecule has 0 rings (SSSR count). The van der Waals surface area contributed by atoms with Gasteiger partial charge in [-0.25, -0.2) is 0 Å². The van der Waals surface area contributed by atoms with Gasteiger partial charge in [0.05, 0.1) is 6.61 Å². The van der Waals surface area contributed by atoms with Crippen LogP contribution >= 0.6 is 0 Å². The molecule has 4 nitrogen and oxygen atoms in total. The number of hydrogen-bond donors (Lipinski definition) is 3. The van der Waals surface area contributed by atoms with Gasteiger partial charge < -0.3 is 15.5 Å². The van der Waals surface area contributed by atoms with Crippen molar-refractivity contribution in [2.24, 2.45) is 0 Å². The maximum atomic E-state index is 9.96. The number of aliphatic hydroxyl groups is 1. The van der Waals surface area contributed by atoms with Gasteiger partial charge in [-0.05, 0) is 13.5 Å². The van der Waals surface area contributed by atoms with E-state index in [1.165, 1.54) is 6.42 Å². The van der Waals surface area contributed by atoms with Crippen LogP contribution in [0.5, 0.6) is 0 Å². The highest BCUT2D eigenvalue weighted by atomic mass is 16.4. The van der Waals surface area contributed by atoms with Crippen molar-refractivity contribution in [3.8, 4) is 0 Å². The molecular formula is C10H23NO3. The van der Waals surface area contributed by atoms with Crippen LogP contribution in [0.25, 0.3) is 0 Å². The van der Waals surface area contributed by atoms with Crippen LogP contribution in [0.3, 0.4) is 0 Å². The summed E-state index contributed by atoms with van der Waals surface area (Å²) in [6.07, 6.45) is 4.55. The van der Waals surface area contributed by atoms with Gasteiger partial charge >= 0.3 is 5.97 Å². The second kappa shape index (κ2) is 14.9. The number of hydrogen-bond acceptors (Lipinski definition) is 3. The number of unbranched alkanes of at least 4 members (excludes halogenated alkanes) is 3. The molecule has 0 saturated heterocycles. The second-order valence-corrected chi connectivity index (χ2v) is 3.03. The van der Waals surface area contributed by atoms with Gasteiger partial charge in [0.2, 0.25) is 0 Å². The van der Waals surface area contributed by atoms with E-state index in [9.17, 15) is 4.79 Å². The summed E-state index contributed by atoms with van der Waals surface area (Å²) >= 11 is 0. The summed E-state index contributed by atoms with van der Waals surface area (Å²) < 4.78 is 0. The van der Waals surface area contributed by atoms with Gasteiger partial charge in [-0.15, -0.1) is 0 Å².